The Bertz CT molecular complexity index is 4840. The molecule has 9 aromatic carbocycles. The van der Waals surface area contributed by atoms with Crippen molar-refractivity contribution in [3.05, 3.63) is 231 Å². The highest BCUT2D eigenvalue weighted by Gasteiger charge is 2.27. The molecule has 0 saturated carbocycles. The van der Waals surface area contributed by atoms with Crippen LogP contribution in [-0.4, -0.2) is 38.2 Å². The molecular formula is C66H44N8. The summed E-state index contributed by atoms with van der Waals surface area (Å²) in [6, 6.07) is 75.1. The summed E-state index contributed by atoms with van der Waals surface area (Å²) in [6.45, 7) is 4.18. The fourth-order valence-electron chi connectivity index (χ4n) is 11.8. The molecule has 74 heavy (non-hydrogen) atoms. The Morgan fingerprint density at radius 3 is 1.35 bits per heavy atom. The van der Waals surface area contributed by atoms with E-state index >= 15 is 0 Å². The number of rotatable bonds is 7. The van der Waals surface area contributed by atoms with E-state index in [2.05, 4.69) is 251 Å². The number of para-hydroxylation sites is 5. The summed E-state index contributed by atoms with van der Waals surface area (Å²) >= 11 is 0. The van der Waals surface area contributed by atoms with Gasteiger partial charge in [-0.05, 0) is 62.4 Å². The molecule has 0 aliphatic carbocycles. The molecule has 0 aliphatic rings. The summed E-state index contributed by atoms with van der Waals surface area (Å²) in [7, 11) is 0. The second kappa shape index (κ2) is 16.3. The Balaban J connectivity index is 1.09. The highest BCUT2D eigenvalue weighted by Crippen LogP contribution is 2.45. The number of hydrogen-bond acceptors (Lipinski definition) is 4. The second-order valence-corrected chi connectivity index (χ2v) is 18.8. The van der Waals surface area contributed by atoms with Crippen molar-refractivity contribution in [3.8, 4) is 40.1 Å². The number of benzene rings is 9. The van der Waals surface area contributed by atoms with Gasteiger partial charge in [0.15, 0.2) is 0 Å². The first-order chi connectivity index (χ1) is 36.7. The number of fused-ring (bicyclic) bond motifs is 15. The molecule has 6 aromatic heterocycles. The van der Waals surface area contributed by atoms with Crippen LogP contribution in [0.5, 0.6) is 0 Å². The Labute approximate surface area is 424 Å². The van der Waals surface area contributed by atoms with E-state index in [-0.39, 0.29) is 0 Å². The third kappa shape index (κ3) is 5.96. The fraction of sp³-hybridized carbons (Fsp3) is 0.0303. The molecule has 0 radical (unpaired) electrons. The molecule has 6 heterocycles. The number of nitrogens with zero attached hydrogens (tertiary/aromatic N) is 8. The molecule has 0 unspecified atom stereocenters. The van der Waals surface area contributed by atoms with Gasteiger partial charge in [-0.25, -0.2) is 19.9 Å². The highest BCUT2D eigenvalue weighted by molar-refractivity contribution is 6.27. The maximum Gasteiger partial charge on any atom is 0.236 e. The van der Waals surface area contributed by atoms with Gasteiger partial charge in [0, 0.05) is 65.6 Å². The average molecular weight is 949 g/mol. The summed E-state index contributed by atoms with van der Waals surface area (Å²) in [5, 5.41) is 9.17. The maximum absolute atomic E-state index is 5.71. The van der Waals surface area contributed by atoms with Crippen molar-refractivity contribution in [1.82, 2.24) is 38.2 Å². The van der Waals surface area contributed by atoms with Gasteiger partial charge in [-0.15, -0.1) is 0 Å². The lowest BCUT2D eigenvalue weighted by molar-refractivity contribution is 0.980. The Kier molecular flexibility index (Phi) is 9.22. The lowest BCUT2D eigenvalue weighted by atomic mass is 10.1. The summed E-state index contributed by atoms with van der Waals surface area (Å²) in [6.07, 6.45) is 6.48. The van der Waals surface area contributed by atoms with Crippen LogP contribution in [0, 0.1) is 0 Å². The molecular weight excluding hydrogens is 905 g/mol. The van der Waals surface area contributed by atoms with Crippen molar-refractivity contribution in [2.45, 2.75) is 13.8 Å². The fourth-order valence-corrected chi connectivity index (χ4v) is 11.8. The van der Waals surface area contributed by atoms with Gasteiger partial charge in [-0.3, -0.25) is 9.13 Å². The van der Waals surface area contributed by atoms with Gasteiger partial charge >= 0.3 is 0 Å². The molecule has 15 rings (SSSR count). The van der Waals surface area contributed by atoms with Gasteiger partial charge in [0.2, 0.25) is 11.9 Å². The normalized spacial score (nSPS) is 12.5. The van der Waals surface area contributed by atoms with Crippen molar-refractivity contribution in [3.63, 3.8) is 0 Å². The van der Waals surface area contributed by atoms with Gasteiger partial charge in [-0.2, -0.15) is 0 Å². The van der Waals surface area contributed by atoms with E-state index in [9.17, 15) is 0 Å². The summed E-state index contributed by atoms with van der Waals surface area (Å²) < 4.78 is 9.30. The van der Waals surface area contributed by atoms with Crippen molar-refractivity contribution >= 4 is 104 Å². The number of allylic oxidation sites excluding steroid dienone is 4. The van der Waals surface area contributed by atoms with E-state index < -0.39 is 0 Å². The lowest BCUT2D eigenvalue weighted by Crippen LogP contribution is -2.09. The second-order valence-electron chi connectivity index (χ2n) is 18.8. The van der Waals surface area contributed by atoms with E-state index in [0.717, 1.165) is 93.6 Å². The highest BCUT2D eigenvalue weighted by atomic mass is 15.2. The monoisotopic (exact) mass is 948 g/mol. The van der Waals surface area contributed by atoms with Crippen LogP contribution in [0.2, 0.25) is 0 Å². The zero-order chi connectivity index (χ0) is 49.0. The minimum Gasteiger partial charge on any atom is -0.309 e. The van der Waals surface area contributed by atoms with Crippen LogP contribution in [0.4, 0.5) is 0 Å². The lowest BCUT2D eigenvalue weighted by Gasteiger charge is -2.16. The first-order valence-electron chi connectivity index (χ1n) is 25.2. The predicted molar refractivity (Wildman–Crippen MR) is 307 cm³/mol. The standard InChI is InChI=1S/C66H44N8/c1-3-22-43(4-2)71-52-33-18-14-29-45(52)48-39-40-56-57(62(48)71)51-32-17-21-36-55(51)73(56)65-67-58(41-23-8-5-9-24-41)61-60(69-65)59(42-25-10-6-11-26-42)68-66(70-61)74-54-35-20-16-31-47(54)50-38-37-49-46-30-15-19-34-53(46)72(63(49)64(50)74)44-27-12-7-13-28-44/h3-40H,1-2H3/b22-3-,43-4+. The summed E-state index contributed by atoms with van der Waals surface area (Å²) in [4.78, 5) is 22.8. The third-order valence-corrected chi connectivity index (χ3v) is 14.9. The van der Waals surface area contributed by atoms with Crippen molar-refractivity contribution in [2.24, 2.45) is 0 Å². The first-order valence-corrected chi connectivity index (χ1v) is 25.2. The Morgan fingerprint density at radius 1 is 0.351 bits per heavy atom. The Hall–Kier alpha value is -9.92. The van der Waals surface area contributed by atoms with Gasteiger partial charge in [0.1, 0.15) is 22.4 Å². The molecule has 15 aromatic rings. The van der Waals surface area contributed by atoms with Crippen LogP contribution in [0.3, 0.4) is 0 Å². The molecule has 0 saturated heterocycles. The molecule has 348 valence electrons. The number of aromatic nitrogens is 8. The molecule has 0 spiro atoms. The third-order valence-electron chi connectivity index (χ3n) is 14.9. The van der Waals surface area contributed by atoms with Crippen LogP contribution in [0.25, 0.3) is 144 Å². The average Bonchev–Trinajstić information content (AvgIpc) is 4.20. The molecule has 0 amide bonds. The summed E-state index contributed by atoms with van der Waals surface area (Å²) in [5.74, 6) is 1.06. The molecule has 0 atom stereocenters. The van der Waals surface area contributed by atoms with Crippen molar-refractivity contribution in [1.29, 1.82) is 0 Å². The first kappa shape index (κ1) is 41.8. The molecule has 0 aliphatic heterocycles. The van der Waals surface area contributed by atoms with E-state index in [4.69, 9.17) is 19.9 Å². The van der Waals surface area contributed by atoms with Crippen LogP contribution in [0.15, 0.2) is 231 Å². The molecule has 8 heteroatoms. The van der Waals surface area contributed by atoms with E-state index in [1.165, 1.54) is 16.2 Å². The van der Waals surface area contributed by atoms with E-state index in [1.807, 2.05) is 12.1 Å². The molecule has 0 fully saturated rings. The smallest absolute Gasteiger partial charge is 0.236 e. The van der Waals surface area contributed by atoms with Gasteiger partial charge in [-0.1, -0.05) is 182 Å². The van der Waals surface area contributed by atoms with Crippen LogP contribution in [-0.2, 0) is 0 Å². The minimum atomic E-state index is 0.529. The van der Waals surface area contributed by atoms with Crippen LogP contribution < -0.4 is 0 Å². The van der Waals surface area contributed by atoms with Gasteiger partial charge in [0.25, 0.3) is 0 Å². The molecule has 8 nitrogen and oxygen atoms in total. The van der Waals surface area contributed by atoms with E-state index in [0.29, 0.717) is 34.3 Å². The SMILES string of the molecule is C/C=C\C(=C/C)n1c2ccccc2c2ccc3c(c4ccccc4n3-c3nc(-c4ccccc4)c4nc(-n5c6ccccc6c6ccc7c8ccccc8n(-c8ccccc8)c7c65)nc(-c5ccccc5)c4n3)c21. The predicted octanol–water partition coefficient (Wildman–Crippen LogP) is 16.6. The Morgan fingerprint density at radius 2 is 0.784 bits per heavy atom. The van der Waals surface area contributed by atoms with Gasteiger partial charge < -0.3 is 9.13 Å². The topological polar surface area (TPSA) is 71.3 Å². The molecule has 0 bridgehead atoms. The largest absolute Gasteiger partial charge is 0.309 e. The maximum atomic E-state index is 5.71. The van der Waals surface area contributed by atoms with E-state index in [1.54, 1.807) is 0 Å². The van der Waals surface area contributed by atoms with Crippen LogP contribution in [0.1, 0.15) is 13.8 Å². The van der Waals surface area contributed by atoms with Crippen molar-refractivity contribution < 1.29 is 0 Å². The number of hydrogen-bond donors (Lipinski definition) is 0. The summed E-state index contributed by atoms with van der Waals surface area (Å²) in [5.41, 5.74) is 15.3. The zero-order valence-corrected chi connectivity index (χ0v) is 40.5. The quantitative estimate of drug-likeness (QED) is 0.149. The van der Waals surface area contributed by atoms with Gasteiger partial charge in [0.05, 0.1) is 44.1 Å². The molecule has 0 N–H and O–H groups in total. The zero-order valence-electron chi connectivity index (χ0n) is 40.5. The minimum absolute atomic E-state index is 0.529. The van der Waals surface area contributed by atoms with Crippen LogP contribution >= 0.6 is 0 Å². The van der Waals surface area contributed by atoms with Crippen molar-refractivity contribution in [2.75, 3.05) is 0 Å².